The van der Waals surface area contributed by atoms with E-state index in [4.69, 9.17) is 24.2 Å². The number of halogens is 4. The molecule has 0 aliphatic heterocycles. The first-order valence-corrected chi connectivity index (χ1v) is 7.37. The van der Waals surface area contributed by atoms with Crippen LogP contribution in [0.5, 0.6) is 5.75 Å². The number of rotatable bonds is 3. The maximum Gasteiger partial charge on any atom is 0.573 e. The summed E-state index contributed by atoms with van der Waals surface area (Å²) in [6, 6.07) is 12.2. The van der Waals surface area contributed by atoms with E-state index >= 15 is 0 Å². The minimum atomic E-state index is -4.74. The molecule has 0 fully saturated rings. The van der Waals surface area contributed by atoms with Gasteiger partial charge in [0.1, 0.15) is 5.75 Å². The summed E-state index contributed by atoms with van der Waals surface area (Å²) in [5.41, 5.74) is 1.10. The molecule has 0 N–H and O–H groups in total. The summed E-state index contributed by atoms with van der Waals surface area (Å²) in [7, 11) is 0. The molecule has 1 aromatic heterocycles. The molecule has 2 aromatic carbocycles. The van der Waals surface area contributed by atoms with E-state index in [1.807, 2.05) is 0 Å². The van der Waals surface area contributed by atoms with Crippen molar-refractivity contribution in [3.63, 3.8) is 0 Å². The number of aromatic nitrogens is 3. The van der Waals surface area contributed by atoms with Gasteiger partial charge in [0.2, 0.25) is 0 Å². The Balaban J connectivity index is 2.01. The van der Waals surface area contributed by atoms with Crippen LogP contribution in [0.2, 0.25) is 5.02 Å². The van der Waals surface area contributed by atoms with Gasteiger partial charge in [0, 0.05) is 10.7 Å². The molecule has 0 unspecified atom stereocenters. The Morgan fingerprint density at radius 1 is 1.00 bits per heavy atom. The Kier molecular flexibility index (Phi) is 4.33. The molecular weight excluding hydrogens is 363 g/mol. The van der Waals surface area contributed by atoms with Gasteiger partial charge in [-0.25, -0.2) is 0 Å². The zero-order valence-corrected chi connectivity index (χ0v) is 13.4. The van der Waals surface area contributed by atoms with Crippen LogP contribution in [0.1, 0.15) is 0 Å². The van der Waals surface area contributed by atoms with Gasteiger partial charge in [-0.05, 0) is 36.4 Å². The van der Waals surface area contributed by atoms with E-state index in [-0.39, 0.29) is 10.9 Å². The van der Waals surface area contributed by atoms with Gasteiger partial charge >= 0.3 is 6.36 Å². The molecule has 0 saturated heterocycles. The van der Waals surface area contributed by atoms with E-state index in [1.165, 1.54) is 24.3 Å². The highest BCUT2D eigenvalue weighted by atomic mass is 35.5. The molecule has 0 spiro atoms. The summed E-state index contributed by atoms with van der Waals surface area (Å²) in [5.74, 6) is 0.0420. The molecule has 0 radical (unpaired) electrons. The fraction of sp³-hybridized carbons (Fsp3) is 0.0667. The zero-order chi connectivity index (χ0) is 17.3. The molecule has 0 saturated carbocycles. The first-order chi connectivity index (χ1) is 11.3. The molecule has 0 aliphatic carbocycles. The monoisotopic (exact) mass is 370 g/mol. The van der Waals surface area contributed by atoms with Gasteiger partial charge in [-0.1, -0.05) is 23.7 Å². The lowest BCUT2D eigenvalue weighted by atomic mass is 10.2. The van der Waals surface area contributed by atoms with Gasteiger partial charge < -0.3 is 17.4 Å². The molecule has 0 amide bonds. The van der Waals surface area contributed by atoms with E-state index in [9.17, 15) is 13.2 Å². The van der Waals surface area contributed by atoms with Gasteiger partial charge in [-0.15, -0.1) is 18.3 Å². The summed E-state index contributed by atoms with van der Waals surface area (Å²) < 4.78 is 42.1. The second kappa shape index (κ2) is 6.29. The van der Waals surface area contributed by atoms with E-state index in [2.05, 4.69) is 14.9 Å². The standard InChI is InChI=1S/C15H9ClF3N3OS/c16-11-3-1-2-4-12(11)22-13(20-21-14(22)24)9-5-7-10(8-6-9)23-15(17,18)19/h1-8H,(H,21,24)/p-1. The van der Waals surface area contributed by atoms with E-state index < -0.39 is 6.36 Å². The summed E-state index contributed by atoms with van der Waals surface area (Å²) in [6.07, 6.45) is -4.74. The molecule has 0 bridgehead atoms. The maximum atomic E-state index is 12.2. The number of ether oxygens (including phenoxy) is 1. The van der Waals surface area contributed by atoms with Crippen molar-refractivity contribution < 1.29 is 17.9 Å². The van der Waals surface area contributed by atoms with Crippen LogP contribution in [0, 0.1) is 0 Å². The van der Waals surface area contributed by atoms with Gasteiger partial charge in [0.05, 0.1) is 10.7 Å². The second-order valence-electron chi connectivity index (χ2n) is 4.67. The molecule has 0 aliphatic rings. The average Bonchev–Trinajstić information content (AvgIpc) is 2.89. The van der Waals surface area contributed by atoms with Gasteiger partial charge in [0.15, 0.2) is 5.82 Å². The van der Waals surface area contributed by atoms with Crippen molar-refractivity contribution in [3.8, 4) is 22.8 Å². The van der Waals surface area contributed by atoms with Crippen LogP contribution < -0.4 is 4.74 Å². The Morgan fingerprint density at radius 2 is 1.67 bits per heavy atom. The van der Waals surface area contributed by atoms with Crippen molar-refractivity contribution in [1.29, 1.82) is 0 Å². The summed E-state index contributed by atoms with van der Waals surface area (Å²) >= 11 is 11.3. The first kappa shape index (κ1) is 16.5. The molecular formula is C15H8ClF3N3OS-. The third kappa shape index (κ3) is 3.44. The fourth-order valence-electron chi connectivity index (χ4n) is 2.11. The van der Waals surface area contributed by atoms with Crippen LogP contribution in [-0.2, 0) is 12.6 Å². The smallest absolute Gasteiger partial charge is 0.573 e. The number of alkyl halides is 3. The van der Waals surface area contributed by atoms with Crippen molar-refractivity contribution >= 4 is 24.2 Å². The molecule has 1 heterocycles. The largest absolute Gasteiger partial charge is 0.740 e. The minimum absolute atomic E-state index is 0.189. The van der Waals surface area contributed by atoms with E-state index in [0.717, 1.165) is 0 Å². The number of para-hydroxylation sites is 1. The van der Waals surface area contributed by atoms with Crippen molar-refractivity contribution in [3.05, 3.63) is 53.6 Å². The topological polar surface area (TPSA) is 39.9 Å². The SMILES string of the molecule is FC(F)(F)Oc1ccc(-c2nnc([S-])n2-c2ccccc2Cl)cc1. The van der Waals surface area contributed by atoms with Gasteiger partial charge in [-0.3, -0.25) is 4.57 Å². The van der Waals surface area contributed by atoms with Gasteiger partial charge in [-0.2, -0.15) is 5.10 Å². The van der Waals surface area contributed by atoms with E-state index in [0.29, 0.717) is 22.1 Å². The van der Waals surface area contributed by atoms with Crippen LogP contribution in [0.25, 0.3) is 17.1 Å². The summed E-state index contributed by atoms with van der Waals surface area (Å²) in [5, 5.41) is 8.48. The van der Waals surface area contributed by atoms with Crippen LogP contribution in [0.3, 0.4) is 0 Å². The van der Waals surface area contributed by atoms with Crippen LogP contribution in [0.4, 0.5) is 13.2 Å². The average molecular weight is 371 g/mol. The lowest BCUT2D eigenvalue weighted by molar-refractivity contribution is -0.274. The molecule has 9 heteroatoms. The second-order valence-corrected chi connectivity index (χ2v) is 5.44. The van der Waals surface area contributed by atoms with Crippen LogP contribution in [0.15, 0.2) is 53.7 Å². The van der Waals surface area contributed by atoms with Crippen molar-refractivity contribution in [2.75, 3.05) is 0 Å². The molecule has 0 atom stereocenters. The first-order valence-electron chi connectivity index (χ1n) is 6.59. The quantitative estimate of drug-likeness (QED) is 0.641. The molecule has 24 heavy (non-hydrogen) atoms. The Morgan fingerprint density at radius 3 is 2.29 bits per heavy atom. The highest BCUT2D eigenvalue weighted by Crippen LogP contribution is 2.29. The lowest BCUT2D eigenvalue weighted by Gasteiger charge is -2.15. The number of nitrogens with zero attached hydrogens (tertiary/aromatic N) is 3. The Labute approximate surface area is 145 Å². The predicted molar refractivity (Wildman–Crippen MR) is 84.1 cm³/mol. The van der Waals surface area contributed by atoms with Crippen LogP contribution >= 0.6 is 11.6 Å². The molecule has 124 valence electrons. The Bertz CT molecular complexity index is 865. The predicted octanol–water partition coefficient (Wildman–Crippen LogP) is 4.39. The number of hydrogen-bond donors (Lipinski definition) is 0. The van der Waals surface area contributed by atoms with E-state index in [1.54, 1.807) is 28.8 Å². The molecule has 3 rings (SSSR count). The fourth-order valence-corrected chi connectivity index (χ4v) is 2.56. The van der Waals surface area contributed by atoms with Crippen molar-refractivity contribution in [2.45, 2.75) is 11.5 Å². The van der Waals surface area contributed by atoms with Gasteiger partial charge in [0.25, 0.3) is 0 Å². The van der Waals surface area contributed by atoms with Crippen molar-refractivity contribution in [2.24, 2.45) is 0 Å². The third-order valence-electron chi connectivity index (χ3n) is 3.07. The maximum absolute atomic E-state index is 12.2. The zero-order valence-electron chi connectivity index (χ0n) is 11.8. The molecule has 4 nitrogen and oxygen atoms in total. The minimum Gasteiger partial charge on any atom is -0.740 e. The number of hydrogen-bond acceptors (Lipinski definition) is 4. The highest BCUT2D eigenvalue weighted by molar-refractivity contribution is 7.58. The lowest BCUT2D eigenvalue weighted by Crippen LogP contribution is -2.16. The number of benzene rings is 2. The Hall–Kier alpha value is -2.32. The summed E-state index contributed by atoms with van der Waals surface area (Å²) in [4.78, 5) is 0. The van der Waals surface area contributed by atoms with Crippen molar-refractivity contribution in [1.82, 2.24) is 14.8 Å². The van der Waals surface area contributed by atoms with Crippen LogP contribution in [-0.4, -0.2) is 21.1 Å². The highest BCUT2D eigenvalue weighted by Gasteiger charge is 2.31. The summed E-state index contributed by atoms with van der Waals surface area (Å²) in [6.45, 7) is 0. The normalized spacial score (nSPS) is 11.5. The molecule has 3 aromatic rings. The third-order valence-corrected chi connectivity index (χ3v) is 3.66.